The van der Waals surface area contributed by atoms with Gasteiger partial charge in [0.25, 0.3) is 0 Å². The van der Waals surface area contributed by atoms with E-state index in [4.69, 9.17) is 0 Å². The molecule has 0 radical (unpaired) electrons. The van der Waals surface area contributed by atoms with Gasteiger partial charge in [-0.05, 0) is 43.5 Å². The van der Waals surface area contributed by atoms with Gasteiger partial charge in [0.15, 0.2) is 5.82 Å². The minimum atomic E-state index is 0.743. The van der Waals surface area contributed by atoms with Gasteiger partial charge in [-0.15, -0.1) is 10.2 Å². The molecule has 0 unspecified atom stereocenters. The van der Waals surface area contributed by atoms with Crippen LogP contribution in [-0.2, 0) is 0 Å². The van der Waals surface area contributed by atoms with Crippen LogP contribution in [0, 0.1) is 0 Å². The van der Waals surface area contributed by atoms with Crippen LogP contribution in [0.15, 0.2) is 48.8 Å². The SMILES string of the molecule is CNc1cc(Nc2ccc(-c3ccc(N4CCCCC4)nn3)cc2)ncn1. The summed E-state index contributed by atoms with van der Waals surface area (Å²) >= 11 is 0. The molecule has 1 aliphatic rings. The normalized spacial score (nSPS) is 14.0. The Labute approximate surface area is 158 Å². The van der Waals surface area contributed by atoms with Crippen molar-refractivity contribution in [1.29, 1.82) is 0 Å². The summed E-state index contributed by atoms with van der Waals surface area (Å²) in [6.07, 6.45) is 5.32. The Kier molecular flexibility index (Phi) is 5.09. The van der Waals surface area contributed by atoms with Crippen molar-refractivity contribution in [2.45, 2.75) is 19.3 Å². The number of rotatable bonds is 5. The van der Waals surface area contributed by atoms with Crippen LogP contribution in [-0.4, -0.2) is 40.3 Å². The van der Waals surface area contributed by atoms with E-state index in [-0.39, 0.29) is 0 Å². The zero-order valence-electron chi connectivity index (χ0n) is 15.4. The van der Waals surface area contributed by atoms with E-state index in [1.165, 1.54) is 25.6 Å². The number of anilines is 4. The van der Waals surface area contributed by atoms with Gasteiger partial charge in [0, 0.05) is 37.5 Å². The molecular weight excluding hydrogens is 338 g/mol. The fourth-order valence-corrected chi connectivity index (χ4v) is 3.21. The molecule has 7 nitrogen and oxygen atoms in total. The summed E-state index contributed by atoms with van der Waals surface area (Å²) < 4.78 is 0. The van der Waals surface area contributed by atoms with Crippen LogP contribution in [0.1, 0.15) is 19.3 Å². The maximum Gasteiger partial charge on any atom is 0.151 e. The summed E-state index contributed by atoms with van der Waals surface area (Å²) in [4.78, 5) is 10.7. The maximum absolute atomic E-state index is 4.42. The number of benzene rings is 1. The van der Waals surface area contributed by atoms with Gasteiger partial charge in [0.2, 0.25) is 0 Å². The molecule has 1 saturated heterocycles. The Bertz CT molecular complexity index is 872. The summed E-state index contributed by atoms with van der Waals surface area (Å²) in [6, 6.07) is 14.1. The predicted octanol–water partition coefficient (Wildman–Crippen LogP) is 3.71. The van der Waals surface area contributed by atoms with E-state index in [2.05, 4.69) is 41.8 Å². The van der Waals surface area contributed by atoms with Crippen LogP contribution in [0.25, 0.3) is 11.3 Å². The quantitative estimate of drug-likeness (QED) is 0.717. The highest BCUT2D eigenvalue weighted by molar-refractivity contribution is 5.66. The molecule has 0 aliphatic carbocycles. The van der Waals surface area contributed by atoms with Crippen molar-refractivity contribution < 1.29 is 0 Å². The maximum atomic E-state index is 4.42. The molecule has 0 bridgehead atoms. The minimum Gasteiger partial charge on any atom is -0.373 e. The van der Waals surface area contributed by atoms with Gasteiger partial charge >= 0.3 is 0 Å². The summed E-state index contributed by atoms with van der Waals surface area (Å²) in [6.45, 7) is 2.15. The van der Waals surface area contributed by atoms with E-state index in [1.54, 1.807) is 0 Å². The third kappa shape index (κ3) is 4.13. The summed E-state index contributed by atoms with van der Waals surface area (Å²) in [5.74, 6) is 2.49. The van der Waals surface area contributed by atoms with E-state index >= 15 is 0 Å². The Hall–Kier alpha value is -3.22. The van der Waals surface area contributed by atoms with E-state index in [0.29, 0.717) is 0 Å². The number of aromatic nitrogens is 4. The van der Waals surface area contributed by atoms with Gasteiger partial charge in [-0.2, -0.15) is 0 Å². The molecular formula is C20H23N7. The first kappa shape index (κ1) is 17.2. The first-order valence-electron chi connectivity index (χ1n) is 9.28. The van der Waals surface area contributed by atoms with Gasteiger partial charge in [0.1, 0.15) is 18.0 Å². The molecule has 1 aliphatic heterocycles. The third-order valence-corrected chi connectivity index (χ3v) is 4.71. The molecule has 4 rings (SSSR count). The van der Waals surface area contributed by atoms with Crippen LogP contribution in [0.3, 0.4) is 0 Å². The van der Waals surface area contributed by atoms with Crippen molar-refractivity contribution in [3.05, 3.63) is 48.8 Å². The molecule has 138 valence electrons. The smallest absolute Gasteiger partial charge is 0.151 e. The number of nitrogens with one attached hydrogen (secondary N) is 2. The molecule has 1 fully saturated rings. The zero-order chi connectivity index (χ0) is 18.5. The van der Waals surface area contributed by atoms with Crippen molar-refractivity contribution in [3.8, 4) is 11.3 Å². The third-order valence-electron chi connectivity index (χ3n) is 4.71. The number of hydrogen-bond acceptors (Lipinski definition) is 7. The Morgan fingerprint density at radius 2 is 1.63 bits per heavy atom. The molecule has 1 aromatic carbocycles. The molecule has 0 spiro atoms. The first-order chi connectivity index (χ1) is 13.3. The lowest BCUT2D eigenvalue weighted by Gasteiger charge is -2.27. The van der Waals surface area contributed by atoms with Crippen LogP contribution in [0.2, 0.25) is 0 Å². The number of hydrogen-bond donors (Lipinski definition) is 2. The zero-order valence-corrected chi connectivity index (χ0v) is 15.4. The largest absolute Gasteiger partial charge is 0.373 e. The molecule has 0 saturated carbocycles. The average Bonchev–Trinajstić information content (AvgIpc) is 2.75. The molecule has 3 heterocycles. The molecule has 0 amide bonds. The van der Waals surface area contributed by atoms with Crippen molar-refractivity contribution in [2.75, 3.05) is 35.7 Å². The molecule has 2 N–H and O–H groups in total. The van der Waals surface area contributed by atoms with Gasteiger partial charge in [-0.1, -0.05) is 12.1 Å². The number of nitrogens with zero attached hydrogens (tertiary/aromatic N) is 5. The Morgan fingerprint density at radius 1 is 0.852 bits per heavy atom. The fourth-order valence-electron chi connectivity index (χ4n) is 3.21. The lowest BCUT2D eigenvalue weighted by Crippen LogP contribution is -2.30. The van der Waals surface area contributed by atoms with Gasteiger partial charge in [-0.25, -0.2) is 9.97 Å². The van der Waals surface area contributed by atoms with Crippen LogP contribution < -0.4 is 15.5 Å². The monoisotopic (exact) mass is 361 g/mol. The molecule has 2 aromatic heterocycles. The summed E-state index contributed by atoms with van der Waals surface area (Å²) in [5.41, 5.74) is 2.87. The molecule has 0 atom stereocenters. The summed E-state index contributed by atoms with van der Waals surface area (Å²) in [5, 5.41) is 15.1. The van der Waals surface area contributed by atoms with Crippen molar-refractivity contribution in [1.82, 2.24) is 20.2 Å². The fraction of sp³-hybridized carbons (Fsp3) is 0.300. The van der Waals surface area contributed by atoms with Crippen LogP contribution >= 0.6 is 0 Å². The molecule has 7 heteroatoms. The van der Waals surface area contributed by atoms with E-state index in [0.717, 1.165) is 47.5 Å². The summed E-state index contributed by atoms with van der Waals surface area (Å²) in [7, 11) is 1.83. The lowest BCUT2D eigenvalue weighted by atomic mass is 10.1. The van der Waals surface area contributed by atoms with E-state index in [1.807, 2.05) is 43.4 Å². The highest BCUT2D eigenvalue weighted by Crippen LogP contribution is 2.23. The van der Waals surface area contributed by atoms with Gasteiger partial charge in [0.05, 0.1) is 5.69 Å². The molecule has 3 aromatic rings. The molecule has 27 heavy (non-hydrogen) atoms. The van der Waals surface area contributed by atoms with E-state index < -0.39 is 0 Å². The first-order valence-corrected chi connectivity index (χ1v) is 9.28. The second-order valence-electron chi connectivity index (χ2n) is 6.57. The highest BCUT2D eigenvalue weighted by Gasteiger charge is 2.12. The van der Waals surface area contributed by atoms with Crippen molar-refractivity contribution in [3.63, 3.8) is 0 Å². The Balaban J connectivity index is 1.45. The standard InChI is InChI=1S/C20H23N7/c1-21-18-13-19(23-14-22-18)24-16-7-5-15(6-8-16)17-9-10-20(26-25-17)27-11-3-2-4-12-27/h5-10,13-14H,2-4,11-12H2,1H3,(H2,21,22,23,24). The topological polar surface area (TPSA) is 78.9 Å². The predicted molar refractivity (Wildman–Crippen MR) is 108 cm³/mol. The number of piperidine rings is 1. The minimum absolute atomic E-state index is 0.743. The van der Waals surface area contributed by atoms with Crippen LogP contribution in [0.4, 0.5) is 23.1 Å². The van der Waals surface area contributed by atoms with E-state index in [9.17, 15) is 0 Å². The second kappa shape index (κ2) is 7.99. The highest BCUT2D eigenvalue weighted by atomic mass is 15.3. The van der Waals surface area contributed by atoms with Crippen LogP contribution in [0.5, 0.6) is 0 Å². The second-order valence-corrected chi connectivity index (χ2v) is 6.57. The lowest BCUT2D eigenvalue weighted by molar-refractivity contribution is 0.571. The Morgan fingerprint density at radius 3 is 2.33 bits per heavy atom. The van der Waals surface area contributed by atoms with Gasteiger partial charge < -0.3 is 15.5 Å². The van der Waals surface area contributed by atoms with Crippen molar-refractivity contribution >= 4 is 23.1 Å². The average molecular weight is 361 g/mol. The van der Waals surface area contributed by atoms with Crippen molar-refractivity contribution in [2.24, 2.45) is 0 Å². The van der Waals surface area contributed by atoms with Gasteiger partial charge in [-0.3, -0.25) is 0 Å².